The van der Waals surface area contributed by atoms with Gasteiger partial charge in [-0.1, -0.05) is 41.9 Å². The van der Waals surface area contributed by atoms with E-state index in [9.17, 15) is 20.0 Å². The van der Waals surface area contributed by atoms with Crippen LogP contribution in [0.2, 0.25) is 5.02 Å². The Labute approximate surface area is 165 Å². The van der Waals surface area contributed by atoms with Crippen molar-refractivity contribution in [3.05, 3.63) is 93.0 Å². The maximum atomic E-state index is 11.5. The molecule has 0 heterocycles. The number of hydrogen-bond donors (Lipinski definition) is 2. The predicted octanol–water partition coefficient (Wildman–Crippen LogP) is 5.27. The Hall–Kier alpha value is -3.58. The molecular formula is C20H15ClN2O5. The topological polar surface area (TPSA) is 102 Å². The summed E-state index contributed by atoms with van der Waals surface area (Å²) >= 11 is 5.93. The molecule has 0 saturated carbocycles. The summed E-state index contributed by atoms with van der Waals surface area (Å²) in [5.74, 6) is -0.852. The van der Waals surface area contributed by atoms with Crippen LogP contribution in [-0.4, -0.2) is 16.0 Å². The molecule has 3 aromatic carbocycles. The molecule has 0 saturated heterocycles. The molecule has 7 nitrogen and oxygen atoms in total. The Kier molecular flexibility index (Phi) is 5.76. The minimum atomic E-state index is -1.18. The molecule has 0 aliphatic heterocycles. The van der Waals surface area contributed by atoms with E-state index in [0.717, 1.165) is 5.56 Å². The quantitative estimate of drug-likeness (QED) is 0.415. The second-order valence-corrected chi connectivity index (χ2v) is 6.27. The average Bonchev–Trinajstić information content (AvgIpc) is 2.67. The summed E-state index contributed by atoms with van der Waals surface area (Å²) in [6.45, 7) is 0.266. The second-order valence-electron chi connectivity index (χ2n) is 5.83. The van der Waals surface area contributed by atoms with E-state index in [1.54, 1.807) is 6.07 Å². The first kappa shape index (κ1) is 19.2. The van der Waals surface area contributed by atoms with Gasteiger partial charge in [-0.15, -0.1) is 0 Å². The number of nitro groups is 1. The molecule has 0 aliphatic rings. The molecule has 142 valence electrons. The van der Waals surface area contributed by atoms with E-state index in [0.29, 0.717) is 10.8 Å². The van der Waals surface area contributed by atoms with E-state index in [1.807, 2.05) is 30.3 Å². The van der Waals surface area contributed by atoms with Gasteiger partial charge in [0.15, 0.2) is 0 Å². The molecule has 0 radical (unpaired) electrons. The van der Waals surface area contributed by atoms with Crippen molar-refractivity contribution in [1.82, 2.24) is 0 Å². The lowest BCUT2D eigenvalue weighted by Gasteiger charge is -2.12. The summed E-state index contributed by atoms with van der Waals surface area (Å²) in [6.07, 6.45) is 0. The molecule has 0 aromatic heterocycles. The third-order valence-corrected chi connectivity index (χ3v) is 4.13. The second kappa shape index (κ2) is 8.41. The van der Waals surface area contributed by atoms with Gasteiger partial charge in [-0.25, -0.2) is 4.79 Å². The third-order valence-electron chi connectivity index (χ3n) is 3.90. The summed E-state index contributed by atoms with van der Waals surface area (Å²) in [6, 6.07) is 17.9. The van der Waals surface area contributed by atoms with Gasteiger partial charge in [-0.3, -0.25) is 10.1 Å². The molecule has 3 aromatic rings. The highest BCUT2D eigenvalue weighted by atomic mass is 35.5. The van der Waals surface area contributed by atoms with Gasteiger partial charge in [0.1, 0.15) is 18.0 Å². The van der Waals surface area contributed by atoms with Crippen LogP contribution >= 0.6 is 11.6 Å². The molecule has 0 spiro atoms. The van der Waals surface area contributed by atoms with Gasteiger partial charge in [0, 0.05) is 5.02 Å². The molecule has 0 atom stereocenters. The predicted molar refractivity (Wildman–Crippen MR) is 106 cm³/mol. The number of ether oxygens (including phenoxy) is 1. The number of rotatable bonds is 7. The van der Waals surface area contributed by atoms with E-state index in [2.05, 4.69) is 5.32 Å². The number of nitrogens with zero attached hydrogens (tertiary/aromatic N) is 1. The summed E-state index contributed by atoms with van der Waals surface area (Å²) < 4.78 is 5.62. The number of carboxylic acids is 1. The molecular weight excluding hydrogens is 384 g/mol. The maximum Gasteiger partial charge on any atom is 0.337 e. The fourth-order valence-corrected chi connectivity index (χ4v) is 2.72. The van der Waals surface area contributed by atoms with Crippen molar-refractivity contribution in [2.45, 2.75) is 6.61 Å². The highest BCUT2D eigenvalue weighted by molar-refractivity contribution is 6.31. The minimum Gasteiger partial charge on any atom is -0.489 e. The van der Waals surface area contributed by atoms with Crippen LogP contribution in [0.1, 0.15) is 15.9 Å². The zero-order chi connectivity index (χ0) is 20.1. The fraction of sp³-hybridized carbons (Fsp3) is 0.0500. The molecule has 0 fully saturated rings. The number of carboxylic acid groups (broad SMARTS) is 1. The van der Waals surface area contributed by atoms with Crippen molar-refractivity contribution in [2.75, 3.05) is 5.32 Å². The fourth-order valence-electron chi connectivity index (χ4n) is 2.55. The first-order chi connectivity index (χ1) is 13.4. The smallest absolute Gasteiger partial charge is 0.337 e. The van der Waals surface area contributed by atoms with Crippen LogP contribution < -0.4 is 10.1 Å². The Morgan fingerprint density at radius 3 is 2.50 bits per heavy atom. The Bertz CT molecular complexity index is 1020. The molecule has 0 unspecified atom stereocenters. The number of halogens is 1. The number of nitrogens with one attached hydrogen (secondary N) is 1. The SMILES string of the molecule is O=C(O)c1ccc(Cl)cc1Nc1ccc(OCc2ccccc2)cc1[N+](=O)[O-]. The lowest BCUT2D eigenvalue weighted by atomic mass is 10.1. The van der Waals surface area contributed by atoms with Crippen LogP contribution in [0.25, 0.3) is 0 Å². The standard InChI is InChI=1S/C20H15ClN2O5/c21-14-6-8-16(20(24)25)18(10-14)22-17-9-7-15(11-19(17)23(26)27)28-12-13-4-2-1-3-5-13/h1-11,22H,12H2,(H,24,25). The summed E-state index contributed by atoms with van der Waals surface area (Å²) in [4.78, 5) is 22.3. The summed E-state index contributed by atoms with van der Waals surface area (Å²) in [7, 11) is 0. The van der Waals surface area contributed by atoms with Gasteiger partial charge in [-0.2, -0.15) is 0 Å². The van der Waals surface area contributed by atoms with Crippen LogP contribution in [-0.2, 0) is 6.61 Å². The monoisotopic (exact) mass is 398 g/mol. The van der Waals surface area contributed by atoms with Gasteiger partial charge in [0.2, 0.25) is 0 Å². The molecule has 0 bridgehead atoms. The highest BCUT2D eigenvalue weighted by Gasteiger charge is 2.18. The van der Waals surface area contributed by atoms with Crippen molar-refractivity contribution in [3.8, 4) is 5.75 Å². The van der Waals surface area contributed by atoms with Crippen LogP contribution in [0.15, 0.2) is 66.7 Å². The number of anilines is 2. The van der Waals surface area contributed by atoms with E-state index in [4.69, 9.17) is 16.3 Å². The van der Waals surface area contributed by atoms with Crippen molar-refractivity contribution in [2.24, 2.45) is 0 Å². The third kappa shape index (κ3) is 4.57. The minimum absolute atomic E-state index is 0.0527. The summed E-state index contributed by atoms with van der Waals surface area (Å²) in [5, 5.41) is 23.9. The lowest BCUT2D eigenvalue weighted by molar-refractivity contribution is -0.384. The molecule has 3 rings (SSSR count). The normalized spacial score (nSPS) is 10.3. The van der Waals surface area contributed by atoms with Gasteiger partial charge >= 0.3 is 5.97 Å². The molecule has 2 N–H and O–H groups in total. The van der Waals surface area contributed by atoms with Crippen molar-refractivity contribution < 1.29 is 19.6 Å². The molecule has 0 aliphatic carbocycles. The Morgan fingerprint density at radius 1 is 1.07 bits per heavy atom. The molecule has 0 amide bonds. The van der Waals surface area contributed by atoms with E-state index in [-0.39, 0.29) is 29.2 Å². The van der Waals surface area contributed by atoms with Crippen LogP contribution in [0.3, 0.4) is 0 Å². The van der Waals surface area contributed by atoms with Crippen LogP contribution in [0.4, 0.5) is 17.1 Å². The number of nitro benzene ring substituents is 1. The van der Waals surface area contributed by atoms with Gasteiger partial charge in [0.25, 0.3) is 5.69 Å². The lowest BCUT2D eigenvalue weighted by Crippen LogP contribution is -2.04. The van der Waals surface area contributed by atoms with E-state index < -0.39 is 10.9 Å². The first-order valence-corrected chi connectivity index (χ1v) is 8.57. The number of aromatic carboxylic acids is 1. The zero-order valence-electron chi connectivity index (χ0n) is 14.5. The zero-order valence-corrected chi connectivity index (χ0v) is 15.2. The van der Waals surface area contributed by atoms with Crippen LogP contribution in [0.5, 0.6) is 5.75 Å². The number of hydrogen-bond acceptors (Lipinski definition) is 5. The Balaban J connectivity index is 1.87. The number of benzene rings is 3. The van der Waals surface area contributed by atoms with Crippen molar-refractivity contribution >= 4 is 34.6 Å². The van der Waals surface area contributed by atoms with Crippen molar-refractivity contribution in [3.63, 3.8) is 0 Å². The van der Waals surface area contributed by atoms with Gasteiger partial charge in [-0.05, 0) is 35.9 Å². The maximum absolute atomic E-state index is 11.5. The molecule has 8 heteroatoms. The summed E-state index contributed by atoms with van der Waals surface area (Å²) in [5.41, 5.74) is 0.908. The molecule has 28 heavy (non-hydrogen) atoms. The van der Waals surface area contributed by atoms with E-state index in [1.165, 1.54) is 30.3 Å². The first-order valence-electron chi connectivity index (χ1n) is 8.19. The Morgan fingerprint density at radius 2 is 1.82 bits per heavy atom. The van der Waals surface area contributed by atoms with Gasteiger partial charge < -0.3 is 15.2 Å². The van der Waals surface area contributed by atoms with Crippen LogP contribution in [0, 0.1) is 10.1 Å². The number of carbonyl (C=O) groups is 1. The van der Waals surface area contributed by atoms with Crippen molar-refractivity contribution in [1.29, 1.82) is 0 Å². The largest absolute Gasteiger partial charge is 0.489 e. The van der Waals surface area contributed by atoms with E-state index >= 15 is 0 Å². The highest BCUT2D eigenvalue weighted by Crippen LogP contribution is 2.33. The average molecular weight is 399 g/mol. The van der Waals surface area contributed by atoms with Gasteiger partial charge in [0.05, 0.1) is 22.2 Å².